The largest absolute Gasteiger partial charge is 0.353 e. The van der Waals surface area contributed by atoms with Gasteiger partial charge in [-0.25, -0.2) is 15.0 Å². The van der Waals surface area contributed by atoms with E-state index in [1.807, 2.05) is 65.6 Å². The van der Waals surface area contributed by atoms with Crippen molar-refractivity contribution in [2.75, 3.05) is 10.2 Å². The van der Waals surface area contributed by atoms with E-state index in [4.69, 9.17) is 11.6 Å². The van der Waals surface area contributed by atoms with Crippen LogP contribution in [0.3, 0.4) is 0 Å². The average molecular weight is 447 g/mol. The molecule has 0 fully saturated rings. The normalized spacial score (nSPS) is 10.5. The van der Waals surface area contributed by atoms with Crippen molar-refractivity contribution in [1.29, 1.82) is 0 Å². The summed E-state index contributed by atoms with van der Waals surface area (Å²) in [6.45, 7) is 0.862. The number of hydrogen-bond donors (Lipinski definition) is 1. The van der Waals surface area contributed by atoms with E-state index in [2.05, 4.69) is 20.3 Å². The second-order valence-corrected chi connectivity index (χ2v) is 7.30. The number of anilines is 3. The zero-order chi connectivity index (χ0) is 22.3. The predicted octanol–water partition coefficient (Wildman–Crippen LogP) is 5.38. The summed E-state index contributed by atoms with van der Waals surface area (Å²) >= 11 is 6.13. The minimum Gasteiger partial charge on any atom is -0.342 e. The Labute approximate surface area is 189 Å². The van der Waals surface area contributed by atoms with Crippen molar-refractivity contribution in [3.63, 3.8) is 0 Å². The summed E-state index contributed by atoms with van der Waals surface area (Å²) in [7, 11) is 0. The van der Waals surface area contributed by atoms with Crippen LogP contribution in [0.2, 0.25) is 5.15 Å². The predicted molar refractivity (Wildman–Crippen MR) is 124 cm³/mol. The molecule has 0 atom stereocenters. The number of benzene rings is 2. The quantitative estimate of drug-likeness (QED) is 0.220. The Kier molecular flexibility index (Phi) is 6.52. The van der Waals surface area contributed by atoms with Crippen molar-refractivity contribution in [1.82, 2.24) is 15.0 Å². The van der Waals surface area contributed by atoms with Gasteiger partial charge in [-0.1, -0.05) is 72.3 Å². The molecule has 0 radical (unpaired) electrons. The highest BCUT2D eigenvalue weighted by Crippen LogP contribution is 2.36. The molecular weight excluding hydrogens is 428 g/mol. The van der Waals surface area contributed by atoms with Crippen LogP contribution in [0, 0.1) is 10.1 Å². The lowest BCUT2D eigenvalue weighted by atomic mass is 10.1. The van der Waals surface area contributed by atoms with Gasteiger partial charge in [0.05, 0.1) is 10.6 Å². The van der Waals surface area contributed by atoms with Crippen molar-refractivity contribution in [3.05, 3.63) is 112 Å². The molecule has 2 aromatic carbocycles. The first-order valence-corrected chi connectivity index (χ1v) is 10.2. The summed E-state index contributed by atoms with van der Waals surface area (Å²) in [5, 5.41) is 15.3. The fourth-order valence-corrected chi connectivity index (χ4v) is 3.45. The topological polar surface area (TPSA) is 97.1 Å². The number of nitrogens with one attached hydrogen (secondary N) is 1. The molecule has 0 amide bonds. The van der Waals surface area contributed by atoms with Gasteiger partial charge in [0.25, 0.3) is 0 Å². The molecule has 0 aliphatic rings. The number of halogens is 1. The van der Waals surface area contributed by atoms with Gasteiger partial charge in [-0.05, 0) is 23.3 Å². The Hall–Kier alpha value is -4.04. The van der Waals surface area contributed by atoms with Crippen LogP contribution < -0.4 is 10.2 Å². The number of hydrogen-bond acceptors (Lipinski definition) is 7. The Morgan fingerprint density at radius 3 is 2.06 bits per heavy atom. The lowest BCUT2D eigenvalue weighted by Crippen LogP contribution is -2.24. The van der Waals surface area contributed by atoms with Crippen LogP contribution in [0.5, 0.6) is 0 Å². The molecule has 0 aliphatic heterocycles. The third kappa shape index (κ3) is 4.98. The smallest absolute Gasteiger partial charge is 0.342 e. The van der Waals surface area contributed by atoms with Crippen LogP contribution >= 0.6 is 11.6 Å². The molecule has 32 heavy (non-hydrogen) atoms. The molecule has 2 heterocycles. The molecule has 4 aromatic rings. The molecule has 4 rings (SSSR count). The van der Waals surface area contributed by atoms with Gasteiger partial charge in [-0.3, -0.25) is 10.1 Å². The van der Waals surface area contributed by atoms with Crippen molar-refractivity contribution in [3.8, 4) is 0 Å². The van der Waals surface area contributed by atoms with Gasteiger partial charge < -0.3 is 10.2 Å². The van der Waals surface area contributed by atoms with Gasteiger partial charge in [0, 0.05) is 19.3 Å². The van der Waals surface area contributed by atoms with Gasteiger partial charge in [-0.2, -0.15) is 0 Å². The second-order valence-electron chi connectivity index (χ2n) is 6.95. The summed E-state index contributed by atoms with van der Waals surface area (Å²) in [5.74, 6) is 0.251. The van der Waals surface area contributed by atoms with E-state index in [1.54, 1.807) is 12.1 Å². The molecule has 0 saturated heterocycles. The Morgan fingerprint density at radius 1 is 0.875 bits per heavy atom. The minimum absolute atomic E-state index is 0.0426. The van der Waals surface area contributed by atoms with E-state index in [-0.39, 0.29) is 22.5 Å². The second kappa shape index (κ2) is 9.84. The first-order valence-electron chi connectivity index (χ1n) is 9.81. The molecule has 0 saturated carbocycles. The van der Waals surface area contributed by atoms with E-state index in [0.717, 1.165) is 11.1 Å². The van der Waals surface area contributed by atoms with Gasteiger partial charge in [0.1, 0.15) is 6.33 Å². The maximum atomic E-state index is 12.1. The molecular formula is C23H19ClN6O2. The first-order chi connectivity index (χ1) is 15.6. The van der Waals surface area contributed by atoms with Crippen LogP contribution in [0.4, 0.5) is 23.0 Å². The first kappa shape index (κ1) is 21.2. The van der Waals surface area contributed by atoms with E-state index < -0.39 is 4.92 Å². The maximum Gasteiger partial charge on any atom is 0.353 e. The maximum absolute atomic E-state index is 12.1. The number of aromatic nitrogens is 3. The van der Waals surface area contributed by atoms with Crippen molar-refractivity contribution < 1.29 is 4.92 Å². The zero-order valence-electron chi connectivity index (χ0n) is 16.9. The van der Waals surface area contributed by atoms with Crippen LogP contribution in [-0.4, -0.2) is 19.9 Å². The highest BCUT2D eigenvalue weighted by Gasteiger charge is 2.28. The number of nitrogens with zero attached hydrogens (tertiary/aromatic N) is 5. The third-order valence-corrected chi connectivity index (χ3v) is 5.03. The number of pyridine rings is 1. The molecule has 9 heteroatoms. The molecule has 2 aromatic heterocycles. The number of nitro groups is 1. The van der Waals surface area contributed by atoms with Gasteiger partial charge in [0.2, 0.25) is 11.6 Å². The van der Waals surface area contributed by atoms with Crippen molar-refractivity contribution >= 4 is 34.6 Å². The molecule has 160 valence electrons. The van der Waals surface area contributed by atoms with Gasteiger partial charge in [-0.15, -0.1) is 0 Å². The van der Waals surface area contributed by atoms with Crippen LogP contribution in [0.15, 0.2) is 85.3 Å². The van der Waals surface area contributed by atoms with E-state index in [1.165, 1.54) is 12.5 Å². The van der Waals surface area contributed by atoms with E-state index in [0.29, 0.717) is 18.8 Å². The van der Waals surface area contributed by atoms with Crippen LogP contribution in [-0.2, 0) is 13.1 Å². The highest BCUT2D eigenvalue weighted by molar-refractivity contribution is 6.32. The van der Waals surface area contributed by atoms with Gasteiger partial charge in [0.15, 0.2) is 5.15 Å². The number of rotatable bonds is 8. The summed E-state index contributed by atoms with van der Waals surface area (Å²) < 4.78 is 0. The molecule has 1 N–H and O–H groups in total. The Bertz CT molecular complexity index is 1170. The van der Waals surface area contributed by atoms with Crippen molar-refractivity contribution in [2.45, 2.75) is 13.1 Å². The zero-order valence-corrected chi connectivity index (χ0v) is 17.7. The van der Waals surface area contributed by atoms with Crippen LogP contribution in [0.1, 0.15) is 11.1 Å². The summed E-state index contributed by atoms with van der Waals surface area (Å²) in [4.78, 5) is 25.9. The van der Waals surface area contributed by atoms with E-state index in [9.17, 15) is 10.1 Å². The third-order valence-electron chi connectivity index (χ3n) is 4.73. The fraction of sp³-hybridized carbons (Fsp3) is 0.0870. The van der Waals surface area contributed by atoms with E-state index >= 15 is 0 Å². The monoisotopic (exact) mass is 446 g/mol. The molecule has 0 aliphatic carbocycles. The fourth-order valence-electron chi connectivity index (χ4n) is 3.28. The lowest BCUT2D eigenvalue weighted by Gasteiger charge is -2.24. The Balaban J connectivity index is 1.77. The molecule has 0 unspecified atom stereocenters. The Morgan fingerprint density at radius 2 is 1.50 bits per heavy atom. The summed E-state index contributed by atoms with van der Waals surface area (Å²) in [5.41, 5.74) is 2.18. The average Bonchev–Trinajstić information content (AvgIpc) is 2.81. The standard InChI is InChI=1S/C23H19ClN6O2/c24-21-19(12-7-13-25-21)28-22-20(30(31)32)23(27-16-26-22)29(14-17-8-3-1-4-9-17)15-18-10-5-2-6-11-18/h1-13,16H,14-15H2,(H,26,27,28). The summed E-state index contributed by atoms with van der Waals surface area (Å²) in [6, 6.07) is 22.8. The molecule has 8 nitrogen and oxygen atoms in total. The van der Waals surface area contributed by atoms with Crippen LogP contribution in [0.25, 0.3) is 0 Å². The van der Waals surface area contributed by atoms with Crippen molar-refractivity contribution in [2.24, 2.45) is 0 Å². The molecule has 0 spiro atoms. The summed E-state index contributed by atoms with van der Waals surface area (Å²) in [6.07, 6.45) is 2.84. The SMILES string of the molecule is O=[N+]([O-])c1c(Nc2cccnc2Cl)ncnc1N(Cc1ccccc1)Cc1ccccc1. The highest BCUT2D eigenvalue weighted by atomic mass is 35.5. The lowest BCUT2D eigenvalue weighted by molar-refractivity contribution is -0.383. The minimum atomic E-state index is -0.481. The molecule has 0 bridgehead atoms. The van der Waals surface area contributed by atoms with Gasteiger partial charge >= 0.3 is 5.69 Å².